The molecule has 7 atom stereocenters. The molecule has 7 unspecified atom stereocenters. The lowest BCUT2D eigenvalue weighted by Crippen LogP contribution is -2.44. The zero-order valence-electron chi connectivity index (χ0n) is 25.7. The maximum Gasteiger partial charge on any atom is 0.151 e. The number of nitrogens with two attached hydrogens (primary N) is 2. The van der Waals surface area contributed by atoms with Crippen LogP contribution in [0.3, 0.4) is 0 Å². The van der Waals surface area contributed by atoms with E-state index in [1.165, 1.54) is 57.8 Å². The average Bonchev–Trinajstić information content (AvgIpc) is 3.18. The molecule has 0 radical (unpaired) electrons. The SMILES string of the molecule is CC.CC(C)(C)NN.CCCN(N)CC(=O)C1CCC2C(CCC3CC(C)CCC3C)CCCC12C. The van der Waals surface area contributed by atoms with Gasteiger partial charge in [0.05, 0.1) is 6.54 Å². The van der Waals surface area contributed by atoms with Gasteiger partial charge in [-0.1, -0.05) is 67.2 Å². The van der Waals surface area contributed by atoms with Crippen LogP contribution < -0.4 is 17.1 Å². The molecule has 0 spiro atoms. The number of ketones is 1. The minimum Gasteiger partial charge on any atom is -0.298 e. The summed E-state index contributed by atoms with van der Waals surface area (Å²) in [5.41, 5.74) is 2.91. The van der Waals surface area contributed by atoms with Gasteiger partial charge < -0.3 is 0 Å². The van der Waals surface area contributed by atoms with Gasteiger partial charge in [0.2, 0.25) is 0 Å². The number of hydrogen-bond acceptors (Lipinski definition) is 5. The van der Waals surface area contributed by atoms with Crippen molar-refractivity contribution in [2.45, 2.75) is 138 Å². The summed E-state index contributed by atoms with van der Waals surface area (Å²) in [6.07, 6.45) is 14.5. The molecule has 3 saturated carbocycles. The monoisotopic (exact) mass is 509 g/mol. The summed E-state index contributed by atoms with van der Waals surface area (Å²) in [5.74, 6) is 16.2. The molecule has 0 aromatic carbocycles. The number of nitrogens with one attached hydrogen (secondary N) is 1. The van der Waals surface area contributed by atoms with E-state index in [0.29, 0.717) is 12.3 Å². The van der Waals surface area contributed by atoms with Crippen molar-refractivity contribution in [2.75, 3.05) is 13.1 Å². The molecule has 5 nitrogen and oxygen atoms in total. The summed E-state index contributed by atoms with van der Waals surface area (Å²) in [4.78, 5) is 13.1. The Kier molecular flexibility index (Phi) is 14.7. The predicted molar refractivity (Wildman–Crippen MR) is 156 cm³/mol. The molecule has 3 aliphatic rings. The smallest absolute Gasteiger partial charge is 0.151 e. The molecular weight excluding hydrogens is 444 g/mol. The molecule has 214 valence electrons. The summed E-state index contributed by atoms with van der Waals surface area (Å²) in [6, 6.07) is 0. The standard InChI is InChI=1S/C25H46N2O.C4H12N2.C2H6/c1-5-15-27(26)17-24(28)23-13-12-22-20(7-6-14-25(22,23)4)10-11-21-16-18(2)8-9-19(21)3;1-4(2,3)6-5;1-2/h18-23H,5-17,26H2,1-4H3;6H,5H2,1-3H3;1-2H3. The van der Waals surface area contributed by atoms with Gasteiger partial charge in [0.15, 0.2) is 5.78 Å². The van der Waals surface area contributed by atoms with E-state index in [0.717, 1.165) is 49.0 Å². The molecule has 0 saturated heterocycles. The Morgan fingerprint density at radius 1 is 1.03 bits per heavy atom. The number of rotatable bonds is 8. The molecule has 5 N–H and O–H groups in total. The maximum absolute atomic E-state index is 13.1. The molecule has 3 fully saturated rings. The molecule has 36 heavy (non-hydrogen) atoms. The van der Waals surface area contributed by atoms with Crippen molar-refractivity contribution in [2.24, 2.45) is 52.6 Å². The van der Waals surface area contributed by atoms with E-state index < -0.39 is 0 Å². The van der Waals surface area contributed by atoms with Gasteiger partial charge in [-0.15, -0.1) is 0 Å². The van der Waals surface area contributed by atoms with Gasteiger partial charge in [0.1, 0.15) is 0 Å². The number of hydrazine groups is 2. The fraction of sp³-hybridized carbons (Fsp3) is 0.968. The van der Waals surface area contributed by atoms with Gasteiger partial charge in [-0.2, -0.15) is 0 Å². The third kappa shape index (κ3) is 10.0. The highest BCUT2D eigenvalue weighted by atomic mass is 16.1. The second-order valence-electron chi connectivity index (χ2n) is 13.5. The Hall–Kier alpha value is -0.490. The van der Waals surface area contributed by atoms with E-state index in [2.05, 4.69) is 33.1 Å². The molecule has 0 bridgehead atoms. The third-order valence-electron chi connectivity index (χ3n) is 9.49. The van der Waals surface area contributed by atoms with Crippen LogP contribution in [0.1, 0.15) is 133 Å². The fourth-order valence-electron chi connectivity index (χ4n) is 7.38. The number of carbonyl (C=O) groups excluding carboxylic acids is 1. The van der Waals surface area contributed by atoms with E-state index in [1.807, 2.05) is 34.6 Å². The van der Waals surface area contributed by atoms with E-state index in [1.54, 1.807) is 5.01 Å². The van der Waals surface area contributed by atoms with Gasteiger partial charge in [-0.25, -0.2) is 5.01 Å². The molecule has 0 aromatic rings. The second kappa shape index (κ2) is 15.8. The van der Waals surface area contributed by atoms with E-state index in [4.69, 9.17) is 11.7 Å². The highest BCUT2D eigenvalue weighted by molar-refractivity contribution is 5.84. The van der Waals surface area contributed by atoms with Gasteiger partial charge in [-0.05, 0) is 101 Å². The normalized spacial score (nSPS) is 34.2. The number of hydrogen-bond donors (Lipinski definition) is 3. The maximum atomic E-state index is 13.1. The van der Waals surface area contributed by atoms with Crippen LogP contribution in [0.2, 0.25) is 0 Å². The zero-order valence-corrected chi connectivity index (χ0v) is 25.7. The minimum absolute atomic E-state index is 0.0694. The summed E-state index contributed by atoms with van der Waals surface area (Å²) in [5, 5.41) is 1.74. The molecule has 3 rings (SSSR count). The Morgan fingerprint density at radius 3 is 2.22 bits per heavy atom. The highest BCUT2D eigenvalue weighted by Crippen LogP contribution is 2.59. The van der Waals surface area contributed by atoms with Crippen molar-refractivity contribution in [3.63, 3.8) is 0 Å². The minimum atomic E-state index is 0.0694. The lowest BCUT2D eigenvalue weighted by molar-refractivity contribution is -0.129. The van der Waals surface area contributed by atoms with Crippen LogP contribution in [0.15, 0.2) is 0 Å². The molecule has 0 aliphatic heterocycles. The molecule has 3 aliphatic carbocycles. The molecule has 0 heterocycles. The Balaban J connectivity index is 0.000000710. The van der Waals surface area contributed by atoms with Crippen LogP contribution >= 0.6 is 0 Å². The molecule has 0 amide bonds. The second-order valence-corrected chi connectivity index (χ2v) is 13.5. The van der Waals surface area contributed by atoms with Crippen LogP contribution in [-0.4, -0.2) is 29.4 Å². The van der Waals surface area contributed by atoms with Crippen molar-refractivity contribution >= 4 is 5.78 Å². The van der Waals surface area contributed by atoms with Crippen LogP contribution in [0.4, 0.5) is 0 Å². The average molecular weight is 509 g/mol. The van der Waals surface area contributed by atoms with Crippen LogP contribution in [0.5, 0.6) is 0 Å². The van der Waals surface area contributed by atoms with Crippen molar-refractivity contribution in [3.8, 4) is 0 Å². The summed E-state index contributed by atoms with van der Waals surface area (Å²) in [7, 11) is 0. The summed E-state index contributed by atoms with van der Waals surface area (Å²) < 4.78 is 0. The first-order chi connectivity index (χ1) is 16.9. The van der Waals surface area contributed by atoms with Crippen molar-refractivity contribution in [3.05, 3.63) is 0 Å². The topological polar surface area (TPSA) is 84.4 Å². The number of Topliss-reactive ketones (excluding diaryl/α,β-unsaturated/α-hetero) is 1. The number of carbonyl (C=O) groups is 1. The van der Waals surface area contributed by atoms with Gasteiger partial charge in [0.25, 0.3) is 0 Å². The first-order valence-electron chi connectivity index (χ1n) is 15.4. The quantitative estimate of drug-likeness (QED) is 0.240. The third-order valence-corrected chi connectivity index (χ3v) is 9.49. The van der Waals surface area contributed by atoms with E-state index >= 15 is 0 Å². The van der Waals surface area contributed by atoms with Crippen molar-refractivity contribution in [1.82, 2.24) is 10.4 Å². The van der Waals surface area contributed by atoms with Gasteiger partial charge in [-0.3, -0.25) is 21.9 Å². The van der Waals surface area contributed by atoms with Crippen LogP contribution in [-0.2, 0) is 4.79 Å². The van der Waals surface area contributed by atoms with Crippen LogP contribution in [0.25, 0.3) is 0 Å². The Bertz CT molecular complexity index is 618. The molecule has 5 heteroatoms. The Labute approximate surface area is 225 Å². The summed E-state index contributed by atoms with van der Waals surface area (Å²) >= 11 is 0. The first kappa shape index (κ1) is 33.5. The van der Waals surface area contributed by atoms with Crippen molar-refractivity contribution in [1.29, 1.82) is 0 Å². The van der Waals surface area contributed by atoms with Crippen molar-refractivity contribution < 1.29 is 4.79 Å². The Morgan fingerprint density at radius 2 is 1.64 bits per heavy atom. The molecular formula is C31H64N4O. The zero-order chi connectivity index (χ0) is 27.5. The number of fused-ring (bicyclic) bond motifs is 1. The lowest BCUT2D eigenvalue weighted by Gasteiger charge is -2.45. The lowest BCUT2D eigenvalue weighted by atomic mass is 9.59. The van der Waals surface area contributed by atoms with Gasteiger partial charge in [0, 0.05) is 18.0 Å². The fourth-order valence-corrected chi connectivity index (χ4v) is 7.38. The van der Waals surface area contributed by atoms with Gasteiger partial charge >= 0.3 is 0 Å². The predicted octanol–water partition coefficient (Wildman–Crippen LogP) is 7.10. The number of nitrogens with zero attached hydrogens (tertiary/aromatic N) is 1. The van der Waals surface area contributed by atoms with E-state index in [-0.39, 0.29) is 16.9 Å². The van der Waals surface area contributed by atoms with E-state index in [9.17, 15) is 4.79 Å². The molecule has 0 aromatic heterocycles. The first-order valence-corrected chi connectivity index (χ1v) is 15.4. The summed E-state index contributed by atoms with van der Waals surface area (Å²) in [6.45, 7) is 20.8. The van der Waals surface area contributed by atoms with Crippen LogP contribution in [0, 0.1) is 40.9 Å². The highest BCUT2D eigenvalue weighted by Gasteiger charge is 2.53. The largest absolute Gasteiger partial charge is 0.298 e.